The van der Waals surface area contributed by atoms with Crippen LogP contribution in [0.15, 0.2) is 11.6 Å². The van der Waals surface area contributed by atoms with Crippen molar-refractivity contribution in [1.29, 1.82) is 0 Å². The van der Waals surface area contributed by atoms with Gasteiger partial charge in [-0.1, -0.05) is 77.9 Å². The van der Waals surface area contributed by atoms with Crippen LogP contribution in [0, 0.1) is 0 Å². The Kier molecular flexibility index (Phi) is 15.8. The summed E-state index contributed by atoms with van der Waals surface area (Å²) in [7, 11) is 0. The van der Waals surface area contributed by atoms with Gasteiger partial charge >= 0.3 is 0 Å². The maximum atomic E-state index is 2.68. The number of hydrogen-bond donors (Lipinski definition) is 0. The van der Waals surface area contributed by atoms with Crippen LogP contribution in [0.2, 0.25) is 0 Å². The average Bonchev–Trinajstić information content (AvgIpc) is 2.51. The molecule has 21 heavy (non-hydrogen) atoms. The third kappa shape index (κ3) is 13.1. The predicted molar refractivity (Wildman–Crippen MR) is 98.0 cm³/mol. The van der Waals surface area contributed by atoms with Crippen LogP contribution in [-0.2, 0) is 0 Å². The van der Waals surface area contributed by atoms with Crippen molar-refractivity contribution in [3.63, 3.8) is 0 Å². The fraction of sp³-hybridized carbons (Fsp3) is 0.900. The molecule has 0 heterocycles. The van der Waals surface area contributed by atoms with E-state index in [-0.39, 0.29) is 0 Å². The highest BCUT2D eigenvalue weighted by molar-refractivity contribution is 5.03. The van der Waals surface area contributed by atoms with Crippen molar-refractivity contribution in [3.05, 3.63) is 11.6 Å². The summed E-state index contributed by atoms with van der Waals surface area (Å²) in [6.07, 6.45) is 17.3. The zero-order chi connectivity index (χ0) is 15.8. The first-order valence-electron chi connectivity index (χ1n) is 9.68. The lowest BCUT2D eigenvalue weighted by atomic mass is 10.1. The normalized spacial score (nSPS) is 12.3. The van der Waals surface area contributed by atoms with Gasteiger partial charge in [0.15, 0.2) is 0 Å². The number of rotatable bonds is 15. The standard InChI is InChI=1S/C20H41N/c1-5-9-12-13-14-15-16-20(8-4)19-21(17-10-6-2)18-11-7-3/h16H,5-15,17-19H2,1-4H3/b20-16+. The van der Waals surface area contributed by atoms with Crippen LogP contribution in [-0.4, -0.2) is 24.5 Å². The van der Waals surface area contributed by atoms with Gasteiger partial charge in [0.25, 0.3) is 0 Å². The number of nitrogens with zero attached hydrogens (tertiary/aromatic N) is 1. The van der Waals surface area contributed by atoms with Gasteiger partial charge in [-0.15, -0.1) is 0 Å². The summed E-state index contributed by atoms with van der Waals surface area (Å²) in [6.45, 7) is 13.0. The Morgan fingerprint density at radius 1 is 0.714 bits per heavy atom. The second-order valence-electron chi connectivity index (χ2n) is 6.40. The van der Waals surface area contributed by atoms with Crippen molar-refractivity contribution < 1.29 is 0 Å². The predicted octanol–water partition coefficient (Wildman–Crippen LogP) is 6.59. The fourth-order valence-electron chi connectivity index (χ4n) is 2.70. The van der Waals surface area contributed by atoms with Crippen LogP contribution in [0.3, 0.4) is 0 Å². The highest BCUT2D eigenvalue weighted by atomic mass is 15.1. The lowest BCUT2D eigenvalue weighted by Crippen LogP contribution is -2.28. The van der Waals surface area contributed by atoms with Crippen LogP contribution in [0.25, 0.3) is 0 Å². The van der Waals surface area contributed by atoms with E-state index in [9.17, 15) is 0 Å². The van der Waals surface area contributed by atoms with Gasteiger partial charge in [0, 0.05) is 6.54 Å². The molecule has 0 saturated heterocycles. The number of allylic oxidation sites excluding steroid dienone is 1. The lowest BCUT2D eigenvalue weighted by molar-refractivity contribution is 0.284. The molecule has 0 saturated carbocycles. The second kappa shape index (κ2) is 16.1. The molecular formula is C20H41N. The third-order valence-electron chi connectivity index (χ3n) is 4.28. The van der Waals surface area contributed by atoms with Gasteiger partial charge in [0.1, 0.15) is 0 Å². The minimum atomic E-state index is 1.21. The van der Waals surface area contributed by atoms with Crippen molar-refractivity contribution in [1.82, 2.24) is 4.90 Å². The van der Waals surface area contributed by atoms with Crippen LogP contribution >= 0.6 is 0 Å². The van der Waals surface area contributed by atoms with Gasteiger partial charge in [-0.3, -0.25) is 4.90 Å². The molecule has 0 fully saturated rings. The van der Waals surface area contributed by atoms with E-state index in [2.05, 4.69) is 38.7 Å². The first-order valence-corrected chi connectivity index (χ1v) is 9.68. The summed E-state index contributed by atoms with van der Waals surface area (Å²) in [5, 5.41) is 0. The van der Waals surface area contributed by atoms with Crippen LogP contribution in [0.1, 0.15) is 98.3 Å². The van der Waals surface area contributed by atoms with Gasteiger partial charge in [-0.05, 0) is 45.2 Å². The van der Waals surface area contributed by atoms with Crippen molar-refractivity contribution in [2.24, 2.45) is 0 Å². The van der Waals surface area contributed by atoms with E-state index in [1.807, 2.05) is 0 Å². The van der Waals surface area contributed by atoms with Crippen molar-refractivity contribution in [2.75, 3.05) is 19.6 Å². The van der Waals surface area contributed by atoms with Gasteiger partial charge in [-0.25, -0.2) is 0 Å². The molecule has 0 aliphatic heterocycles. The third-order valence-corrected chi connectivity index (χ3v) is 4.28. The van der Waals surface area contributed by atoms with E-state index >= 15 is 0 Å². The smallest absolute Gasteiger partial charge is 0.0192 e. The van der Waals surface area contributed by atoms with Crippen LogP contribution in [0.4, 0.5) is 0 Å². The molecule has 0 aromatic rings. The van der Waals surface area contributed by atoms with E-state index in [1.165, 1.54) is 90.3 Å². The Labute approximate surface area is 135 Å². The molecule has 0 spiro atoms. The van der Waals surface area contributed by atoms with Crippen molar-refractivity contribution >= 4 is 0 Å². The summed E-state index contributed by atoms with van der Waals surface area (Å²) in [5.74, 6) is 0. The van der Waals surface area contributed by atoms with Crippen molar-refractivity contribution in [3.8, 4) is 0 Å². The Balaban J connectivity index is 4.07. The molecule has 126 valence electrons. The molecule has 0 bridgehead atoms. The number of hydrogen-bond acceptors (Lipinski definition) is 1. The van der Waals surface area contributed by atoms with Gasteiger partial charge < -0.3 is 0 Å². The lowest BCUT2D eigenvalue weighted by Gasteiger charge is -2.23. The summed E-state index contributed by atoms with van der Waals surface area (Å²) < 4.78 is 0. The second-order valence-corrected chi connectivity index (χ2v) is 6.40. The number of unbranched alkanes of at least 4 members (excludes halogenated alkanes) is 7. The summed E-state index contributed by atoms with van der Waals surface area (Å²) in [4.78, 5) is 2.68. The maximum Gasteiger partial charge on any atom is 0.0192 e. The Morgan fingerprint density at radius 2 is 1.29 bits per heavy atom. The molecule has 0 aliphatic carbocycles. The largest absolute Gasteiger partial charge is 0.299 e. The maximum absolute atomic E-state index is 2.68. The molecule has 0 aromatic carbocycles. The molecule has 0 atom stereocenters. The van der Waals surface area contributed by atoms with E-state index in [0.717, 1.165) is 0 Å². The van der Waals surface area contributed by atoms with E-state index in [1.54, 1.807) is 5.57 Å². The minimum Gasteiger partial charge on any atom is -0.299 e. The molecule has 1 nitrogen and oxygen atoms in total. The monoisotopic (exact) mass is 295 g/mol. The molecule has 0 unspecified atom stereocenters. The molecule has 1 heteroatoms. The first-order chi connectivity index (χ1) is 10.3. The van der Waals surface area contributed by atoms with Crippen molar-refractivity contribution in [2.45, 2.75) is 98.3 Å². The Bertz CT molecular complexity index is 224. The topological polar surface area (TPSA) is 3.24 Å². The first kappa shape index (κ1) is 20.7. The van der Waals surface area contributed by atoms with E-state index < -0.39 is 0 Å². The summed E-state index contributed by atoms with van der Waals surface area (Å²) in [5.41, 5.74) is 1.66. The van der Waals surface area contributed by atoms with E-state index in [0.29, 0.717) is 0 Å². The van der Waals surface area contributed by atoms with E-state index in [4.69, 9.17) is 0 Å². The molecule has 0 N–H and O–H groups in total. The SMILES string of the molecule is CCCCCCC/C=C(\CC)CN(CCCC)CCCC. The average molecular weight is 296 g/mol. The van der Waals surface area contributed by atoms with Gasteiger partial charge in [0.2, 0.25) is 0 Å². The summed E-state index contributed by atoms with van der Waals surface area (Å²) in [6, 6.07) is 0. The molecular weight excluding hydrogens is 254 g/mol. The molecule has 0 rings (SSSR count). The zero-order valence-corrected chi connectivity index (χ0v) is 15.4. The molecule has 0 radical (unpaired) electrons. The molecule has 0 aromatic heterocycles. The Morgan fingerprint density at radius 3 is 1.81 bits per heavy atom. The Hall–Kier alpha value is -0.300. The fourth-order valence-corrected chi connectivity index (χ4v) is 2.70. The minimum absolute atomic E-state index is 1.21. The molecule has 0 aliphatic rings. The van der Waals surface area contributed by atoms with Gasteiger partial charge in [0.05, 0.1) is 0 Å². The van der Waals surface area contributed by atoms with Crippen LogP contribution in [0.5, 0.6) is 0 Å². The summed E-state index contributed by atoms with van der Waals surface area (Å²) >= 11 is 0. The molecule has 0 amide bonds. The van der Waals surface area contributed by atoms with Crippen LogP contribution < -0.4 is 0 Å². The van der Waals surface area contributed by atoms with Gasteiger partial charge in [-0.2, -0.15) is 0 Å². The zero-order valence-electron chi connectivity index (χ0n) is 15.4. The quantitative estimate of drug-likeness (QED) is 0.243. The highest BCUT2D eigenvalue weighted by Gasteiger charge is 2.06. The highest BCUT2D eigenvalue weighted by Crippen LogP contribution is 2.11.